The van der Waals surface area contributed by atoms with Gasteiger partial charge < -0.3 is 10.2 Å². The highest BCUT2D eigenvalue weighted by molar-refractivity contribution is 7.99. The van der Waals surface area contributed by atoms with Gasteiger partial charge in [-0.3, -0.25) is 9.59 Å². The lowest BCUT2D eigenvalue weighted by atomic mass is 10.1. The molecule has 1 N–H and O–H groups in total. The second-order valence-electron chi connectivity index (χ2n) is 6.53. The van der Waals surface area contributed by atoms with Crippen LogP contribution in [0.5, 0.6) is 0 Å². The van der Waals surface area contributed by atoms with E-state index in [9.17, 15) is 9.59 Å². The van der Waals surface area contributed by atoms with E-state index in [2.05, 4.69) is 11.4 Å². The van der Waals surface area contributed by atoms with Crippen LogP contribution in [-0.2, 0) is 21.9 Å². The third-order valence-electron chi connectivity index (χ3n) is 4.35. The Morgan fingerprint density at radius 2 is 1.93 bits per heavy atom. The maximum absolute atomic E-state index is 12.9. The number of thioether (sulfide) groups is 1. The zero-order valence-corrected chi connectivity index (χ0v) is 18.5. The third kappa shape index (κ3) is 6.43. The van der Waals surface area contributed by atoms with Crippen LogP contribution in [0.25, 0.3) is 0 Å². The van der Waals surface area contributed by atoms with Crippen molar-refractivity contribution in [1.82, 2.24) is 10.2 Å². The number of nitrogens with one attached hydrogen (secondary N) is 1. The van der Waals surface area contributed by atoms with Crippen LogP contribution in [0.4, 0.5) is 0 Å². The van der Waals surface area contributed by atoms with Crippen molar-refractivity contribution in [2.24, 2.45) is 0 Å². The van der Waals surface area contributed by atoms with E-state index >= 15 is 0 Å². The Morgan fingerprint density at radius 1 is 1.18 bits per heavy atom. The molecule has 0 aromatic heterocycles. The van der Waals surface area contributed by atoms with Crippen LogP contribution >= 0.6 is 35.0 Å². The van der Waals surface area contributed by atoms with E-state index < -0.39 is 6.04 Å². The maximum Gasteiger partial charge on any atom is 0.242 e. The predicted octanol–water partition coefficient (Wildman–Crippen LogP) is 4.70. The van der Waals surface area contributed by atoms with Gasteiger partial charge in [0.1, 0.15) is 6.04 Å². The van der Waals surface area contributed by atoms with Crippen molar-refractivity contribution in [2.45, 2.75) is 32.2 Å². The van der Waals surface area contributed by atoms with E-state index in [4.69, 9.17) is 23.2 Å². The lowest BCUT2D eigenvalue weighted by Gasteiger charge is -2.28. The molecule has 0 fully saturated rings. The van der Waals surface area contributed by atoms with Crippen LogP contribution in [0.3, 0.4) is 0 Å². The highest BCUT2D eigenvalue weighted by atomic mass is 35.5. The molecule has 1 atom stereocenters. The molecule has 4 nitrogen and oxygen atoms in total. The number of rotatable bonds is 8. The number of hydrogen-bond acceptors (Lipinski definition) is 3. The minimum atomic E-state index is -0.608. The summed E-state index contributed by atoms with van der Waals surface area (Å²) in [6, 6.07) is 12.7. The molecule has 0 saturated heterocycles. The van der Waals surface area contributed by atoms with Crippen molar-refractivity contribution >= 4 is 46.8 Å². The summed E-state index contributed by atoms with van der Waals surface area (Å²) >= 11 is 13.8. The number of benzene rings is 2. The van der Waals surface area contributed by atoms with Gasteiger partial charge in [-0.2, -0.15) is 0 Å². The van der Waals surface area contributed by atoms with Crippen LogP contribution < -0.4 is 5.32 Å². The highest BCUT2D eigenvalue weighted by Gasteiger charge is 2.26. The molecule has 0 unspecified atom stereocenters. The topological polar surface area (TPSA) is 49.4 Å². The predicted molar refractivity (Wildman–Crippen MR) is 118 cm³/mol. The summed E-state index contributed by atoms with van der Waals surface area (Å²) in [6.45, 7) is 4.00. The first-order valence-corrected chi connectivity index (χ1v) is 10.8. The summed E-state index contributed by atoms with van der Waals surface area (Å²) in [5, 5.41) is 3.61. The lowest BCUT2D eigenvalue weighted by molar-refractivity contribution is -0.138. The summed E-state index contributed by atoms with van der Waals surface area (Å²) in [7, 11) is 1.56. The average molecular weight is 439 g/mol. The molecule has 2 aromatic rings. The lowest BCUT2D eigenvalue weighted by Crippen LogP contribution is -2.47. The van der Waals surface area contributed by atoms with Crippen LogP contribution in [0.1, 0.15) is 23.6 Å². The van der Waals surface area contributed by atoms with Crippen molar-refractivity contribution in [2.75, 3.05) is 12.8 Å². The summed E-state index contributed by atoms with van der Waals surface area (Å²) in [5.41, 5.74) is 3.11. The Morgan fingerprint density at radius 3 is 2.57 bits per heavy atom. The molecular weight excluding hydrogens is 415 g/mol. The number of hydrogen-bond donors (Lipinski definition) is 1. The van der Waals surface area contributed by atoms with Crippen molar-refractivity contribution in [1.29, 1.82) is 0 Å². The van der Waals surface area contributed by atoms with E-state index in [1.807, 2.05) is 25.1 Å². The SMILES string of the molecule is CNC(=O)[C@H](C)N(Cc1ccc(Cl)cc1Cl)C(=O)CSCc1cccc(C)c1. The number of amides is 2. The summed E-state index contributed by atoms with van der Waals surface area (Å²) in [5.74, 6) is 0.680. The molecule has 7 heteroatoms. The first-order valence-electron chi connectivity index (χ1n) is 8.90. The molecule has 150 valence electrons. The fraction of sp³-hybridized carbons (Fsp3) is 0.333. The van der Waals surface area contributed by atoms with Gasteiger partial charge in [0.15, 0.2) is 0 Å². The fourth-order valence-corrected chi connectivity index (χ4v) is 4.09. The number of likely N-dealkylation sites (N-methyl/N-ethyl adjacent to an activating group) is 1. The van der Waals surface area contributed by atoms with Crippen LogP contribution in [0, 0.1) is 6.92 Å². The summed E-state index contributed by atoms with van der Waals surface area (Å²) < 4.78 is 0. The summed E-state index contributed by atoms with van der Waals surface area (Å²) in [4.78, 5) is 26.6. The standard InChI is InChI=1S/C21H24Cl2N2O2S/c1-14-5-4-6-16(9-14)12-28-13-20(26)25(15(2)21(27)24-3)11-17-7-8-18(22)10-19(17)23/h4-10,15H,11-13H2,1-3H3,(H,24,27)/t15-/m0/s1. The highest BCUT2D eigenvalue weighted by Crippen LogP contribution is 2.24. The third-order valence-corrected chi connectivity index (χ3v) is 5.92. The molecule has 2 rings (SSSR count). The second kappa shape index (κ2) is 10.7. The van der Waals surface area contributed by atoms with Crippen molar-refractivity contribution in [3.63, 3.8) is 0 Å². The first kappa shape index (κ1) is 22.6. The molecule has 28 heavy (non-hydrogen) atoms. The molecule has 0 saturated carbocycles. The molecule has 0 spiro atoms. The second-order valence-corrected chi connectivity index (χ2v) is 8.36. The molecule has 0 aliphatic carbocycles. The Bertz CT molecular complexity index is 845. The van der Waals surface area contributed by atoms with Gasteiger partial charge in [-0.05, 0) is 37.1 Å². The average Bonchev–Trinajstić information content (AvgIpc) is 2.66. The zero-order chi connectivity index (χ0) is 20.7. The van der Waals surface area contributed by atoms with Gasteiger partial charge in [-0.1, -0.05) is 59.1 Å². The Balaban J connectivity index is 2.09. The minimum absolute atomic E-state index is 0.111. The van der Waals surface area contributed by atoms with Gasteiger partial charge >= 0.3 is 0 Å². The number of nitrogens with zero attached hydrogens (tertiary/aromatic N) is 1. The summed E-state index contributed by atoms with van der Waals surface area (Å²) in [6.07, 6.45) is 0. The zero-order valence-electron chi connectivity index (χ0n) is 16.2. The van der Waals surface area contributed by atoms with Gasteiger partial charge in [-0.15, -0.1) is 11.8 Å². The van der Waals surface area contributed by atoms with Crippen LogP contribution in [0.2, 0.25) is 10.0 Å². The van der Waals surface area contributed by atoms with Crippen LogP contribution in [0.15, 0.2) is 42.5 Å². The largest absolute Gasteiger partial charge is 0.357 e. The smallest absolute Gasteiger partial charge is 0.242 e. The molecule has 0 radical (unpaired) electrons. The van der Waals surface area contributed by atoms with Crippen molar-refractivity contribution < 1.29 is 9.59 Å². The molecule has 2 amide bonds. The molecular formula is C21H24Cl2N2O2S. The Kier molecular flexibility index (Phi) is 8.67. The molecule has 0 aliphatic rings. The van der Waals surface area contributed by atoms with E-state index in [0.29, 0.717) is 10.0 Å². The molecule has 0 aliphatic heterocycles. The van der Waals surface area contributed by atoms with Gasteiger partial charge in [0.25, 0.3) is 0 Å². The number of carbonyl (C=O) groups excluding carboxylic acids is 2. The molecule has 0 heterocycles. The number of carbonyl (C=O) groups is 2. The van der Waals surface area contributed by atoms with Crippen molar-refractivity contribution in [3.05, 3.63) is 69.2 Å². The van der Waals surface area contributed by atoms with E-state index in [1.165, 1.54) is 22.9 Å². The molecule has 2 aromatic carbocycles. The minimum Gasteiger partial charge on any atom is -0.357 e. The fourth-order valence-electron chi connectivity index (χ4n) is 2.77. The number of halogens is 2. The van der Waals surface area contributed by atoms with E-state index in [0.717, 1.165) is 11.3 Å². The maximum atomic E-state index is 12.9. The van der Waals surface area contributed by atoms with E-state index in [-0.39, 0.29) is 24.1 Å². The van der Waals surface area contributed by atoms with Gasteiger partial charge in [0, 0.05) is 29.4 Å². The molecule has 0 bridgehead atoms. The monoisotopic (exact) mass is 438 g/mol. The quantitative estimate of drug-likeness (QED) is 0.649. The van der Waals surface area contributed by atoms with E-state index in [1.54, 1.807) is 37.1 Å². The van der Waals surface area contributed by atoms with Gasteiger partial charge in [0.2, 0.25) is 11.8 Å². The van der Waals surface area contributed by atoms with Gasteiger partial charge in [-0.25, -0.2) is 0 Å². The van der Waals surface area contributed by atoms with Crippen LogP contribution in [-0.4, -0.2) is 35.6 Å². The Labute approximate surface area is 180 Å². The normalized spacial score (nSPS) is 11.8. The number of aryl methyl sites for hydroxylation is 1. The Hall–Kier alpha value is -1.69. The first-order chi connectivity index (χ1) is 13.3. The van der Waals surface area contributed by atoms with Gasteiger partial charge in [0.05, 0.1) is 5.75 Å². The van der Waals surface area contributed by atoms with Crippen molar-refractivity contribution in [3.8, 4) is 0 Å².